The Kier molecular flexibility index (Phi) is 4.85. The third-order valence-electron chi connectivity index (χ3n) is 3.51. The van der Waals surface area contributed by atoms with Crippen LogP contribution in [0.15, 0.2) is 17.0 Å². The van der Waals surface area contributed by atoms with Crippen LogP contribution in [-0.4, -0.2) is 19.9 Å². The summed E-state index contributed by atoms with van der Waals surface area (Å²) in [6, 6.07) is 2.32. The number of nitrogens with one attached hydrogen (secondary N) is 1. The minimum Gasteiger partial charge on any atom is -0.258 e. The highest BCUT2D eigenvalue weighted by Crippen LogP contribution is 2.33. The van der Waals surface area contributed by atoms with Gasteiger partial charge in [0.2, 0.25) is 10.0 Å². The molecule has 0 unspecified atom stereocenters. The zero-order valence-electron chi connectivity index (χ0n) is 11.6. The van der Waals surface area contributed by atoms with E-state index in [9.17, 15) is 18.5 Å². The second kappa shape index (κ2) is 6.29. The highest BCUT2D eigenvalue weighted by atomic mass is 35.5. The lowest BCUT2D eigenvalue weighted by Gasteiger charge is -2.09. The van der Waals surface area contributed by atoms with Gasteiger partial charge in [-0.2, -0.15) is 0 Å². The van der Waals surface area contributed by atoms with E-state index < -0.39 is 20.6 Å². The predicted molar refractivity (Wildman–Crippen MR) is 80.0 cm³/mol. The Labute approximate surface area is 128 Å². The molecule has 0 spiro atoms. The quantitative estimate of drug-likeness (QED) is 0.472. The van der Waals surface area contributed by atoms with E-state index in [1.807, 2.05) is 0 Å². The fourth-order valence-corrected chi connectivity index (χ4v) is 3.76. The van der Waals surface area contributed by atoms with Crippen LogP contribution in [0, 0.1) is 23.0 Å². The van der Waals surface area contributed by atoms with E-state index in [4.69, 9.17) is 11.6 Å². The van der Waals surface area contributed by atoms with E-state index in [2.05, 4.69) is 4.72 Å². The second-order valence-corrected chi connectivity index (χ2v) is 7.45. The summed E-state index contributed by atoms with van der Waals surface area (Å²) in [5, 5.41) is 10.8. The Balaban J connectivity index is 2.13. The van der Waals surface area contributed by atoms with Crippen molar-refractivity contribution in [2.45, 2.75) is 37.5 Å². The van der Waals surface area contributed by atoms with Gasteiger partial charge in [-0.3, -0.25) is 10.1 Å². The smallest absolute Gasteiger partial charge is 0.258 e. The van der Waals surface area contributed by atoms with Crippen LogP contribution in [0.3, 0.4) is 0 Å². The first-order chi connectivity index (χ1) is 9.81. The summed E-state index contributed by atoms with van der Waals surface area (Å²) in [6.07, 6.45) is 4.26. The maximum atomic E-state index is 12.2. The Bertz CT molecular complexity index is 656. The number of nitrogens with zero attached hydrogens (tertiary/aromatic N) is 1. The van der Waals surface area contributed by atoms with Crippen molar-refractivity contribution in [1.29, 1.82) is 0 Å². The zero-order chi connectivity index (χ0) is 15.6. The standard InChI is InChI=1S/C13H17ClN2O4S/c1-9-7-11(14)12(16(17)18)8-13(9)21(19,20)15-6-2-3-10-4-5-10/h7-8,10,15H,2-6H2,1H3. The Morgan fingerprint density at radius 1 is 1.43 bits per heavy atom. The number of rotatable bonds is 7. The van der Waals surface area contributed by atoms with Crippen LogP contribution >= 0.6 is 11.6 Å². The van der Waals surface area contributed by atoms with E-state index >= 15 is 0 Å². The van der Waals surface area contributed by atoms with Gasteiger partial charge < -0.3 is 0 Å². The van der Waals surface area contributed by atoms with Crippen molar-refractivity contribution < 1.29 is 13.3 Å². The molecule has 0 aliphatic heterocycles. The molecule has 2 rings (SSSR count). The number of benzene rings is 1. The van der Waals surface area contributed by atoms with E-state index in [0.717, 1.165) is 24.8 Å². The third kappa shape index (κ3) is 4.15. The molecule has 1 aromatic carbocycles. The third-order valence-corrected chi connectivity index (χ3v) is 5.41. The Morgan fingerprint density at radius 3 is 2.67 bits per heavy atom. The number of nitro groups is 1. The topological polar surface area (TPSA) is 89.3 Å². The van der Waals surface area contributed by atoms with Crippen molar-refractivity contribution in [1.82, 2.24) is 4.72 Å². The molecule has 1 aliphatic carbocycles. The van der Waals surface area contributed by atoms with Gasteiger partial charge in [-0.1, -0.05) is 24.4 Å². The summed E-state index contributed by atoms with van der Waals surface area (Å²) < 4.78 is 26.9. The van der Waals surface area contributed by atoms with Gasteiger partial charge in [-0.25, -0.2) is 13.1 Å². The monoisotopic (exact) mass is 332 g/mol. The molecule has 0 saturated heterocycles. The molecule has 6 nitrogen and oxygen atoms in total. The van der Waals surface area contributed by atoms with Crippen molar-refractivity contribution in [3.63, 3.8) is 0 Å². The molecule has 0 amide bonds. The van der Waals surface area contributed by atoms with Crippen LogP contribution in [0.25, 0.3) is 0 Å². The maximum Gasteiger partial charge on any atom is 0.289 e. The minimum absolute atomic E-state index is 0.0646. The molecule has 1 fully saturated rings. The average molecular weight is 333 g/mol. The molecule has 116 valence electrons. The highest BCUT2D eigenvalue weighted by molar-refractivity contribution is 7.89. The molecule has 1 saturated carbocycles. The van der Waals surface area contributed by atoms with Crippen LogP contribution in [0.2, 0.25) is 5.02 Å². The molecule has 1 N–H and O–H groups in total. The number of sulfonamides is 1. The van der Waals surface area contributed by atoms with Crippen LogP contribution in [-0.2, 0) is 10.0 Å². The van der Waals surface area contributed by atoms with Crippen molar-refractivity contribution >= 4 is 27.3 Å². The molecule has 1 aromatic rings. The van der Waals surface area contributed by atoms with Crippen molar-refractivity contribution in [3.05, 3.63) is 32.8 Å². The number of hydrogen-bond donors (Lipinski definition) is 1. The number of halogens is 1. The van der Waals surface area contributed by atoms with Crippen LogP contribution in [0.5, 0.6) is 0 Å². The molecule has 0 radical (unpaired) electrons. The summed E-state index contributed by atoms with van der Waals surface area (Å²) >= 11 is 5.76. The maximum absolute atomic E-state index is 12.2. The first kappa shape index (κ1) is 16.2. The first-order valence-corrected chi connectivity index (χ1v) is 8.61. The number of nitro benzene ring substituents is 1. The molecule has 0 bridgehead atoms. The highest BCUT2D eigenvalue weighted by Gasteiger charge is 2.24. The van der Waals surface area contributed by atoms with Crippen molar-refractivity contribution in [2.75, 3.05) is 6.54 Å². The molecule has 0 aromatic heterocycles. The van der Waals surface area contributed by atoms with Crippen LogP contribution in [0.4, 0.5) is 5.69 Å². The fourth-order valence-electron chi connectivity index (χ4n) is 2.15. The summed E-state index contributed by atoms with van der Waals surface area (Å²) in [7, 11) is -3.75. The SMILES string of the molecule is Cc1cc(Cl)c([N+](=O)[O-])cc1S(=O)(=O)NCCCC1CC1. The van der Waals surface area contributed by atoms with Crippen LogP contribution in [0.1, 0.15) is 31.2 Å². The van der Waals surface area contributed by atoms with Gasteiger partial charge in [0.25, 0.3) is 5.69 Å². The summed E-state index contributed by atoms with van der Waals surface area (Å²) in [5.41, 5.74) is -0.0130. The van der Waals surface area contributed by atoms with Crippen LogP contribution < -0.4 is 4.72 Å². The number of hydrogen-bond acceptors (Lipinski definition) is 4. The molecule has 0 heterocycles. The second-order valence-electron chi connectivity index (χ2n) is 5.31. The summed E-state index contributed by atoms with van der Waals surface area (Å²) in [4.78, 5) is 10.1. The van der Waals surface area contributed by atoms with Gasteiger partial charge in [-0.15, -0.1) is 0 Å². The zero-order valence-corrected chi connectivity index (χ0v) is 13.2. The van der Waals surface area contributed by atoms with Crippen molar-refractivity contribution in [3.8, 4) is 0 Å². The van der Waals surface area contributed by atoms with E-state index in [1.54, 1.807) is 6.92 Å². The molecule has 8 heteroatoms. The van der Waals surface area contributed by atoms with E-state index in [1.165, 1.54) is 18.9 Å². The lowest BCUT2D eigenvalue weighted by molar-refractivity contribution is -0.384. The normalized spacial score (nSPS) is 15.1. The number of aryl methyl sites for hydroxylation is 1. The van der Waals surface area contributed by atoms with Gasteiger partial charge in [0, 0.05) is 12.6 Å². The van der Waals surface area contributed by atoms with E-state index in [0.29, 0.717) is 12.1 Å². The lowest BCUT2D eigenvalue weighted by atomic mass is 10.2. The van der Waals surface area contributed by atoms with Gasteiger partial charge >= 0.3 is 0 Å². The van der Waals surface area contributed by atoms with Gasteiger partial charge in [0.1, 0.15) is 5.02 Å². The van der Waals surface area contributed by atoms with Gasteiger partial charge in [-0.05, 0) is 37.3 Å². The van der Waals surface area contributed by atoms with Gasteiger partial charge in [0.05, 0.1) is 9.82 Å². The largest absolute Gasteiger partial charge is 0.289 e. The molecule has 0 atom stereocenters. The van der Waals surface area contributed by atoms with E-state index in [-0.39, 0.29) is 9.92 Å². The first-order valence-electron chi connectivity index (χ1n) is 6.75. The lowest BCUT2D eigenvalue weighted by Crippen LogP contribution is -2.25. The average Bonchev–Trinajstić information content (AvgIpc) is 3.17. The molecule has 1 aliphatic rings. The minimum atomic E-state index is -3.75. The Morgan fingerprint density at radius 2 is 2.10 bits per heavy atom. The molecule has 21 heavy (non-hydrogen) atoms. The molecular weight excluding hydrogens is 316 g/mol. The predicted octanol–water partition coefficient (Wildman–Crippen LogP) is 3.03. The molecular formula is C13H17ClN2O4S. The van der Waals surface area contributed by atoms with Crippen molar-refractivity contribution in [2.24, 2.45) is 5.92 Å². The summed E-state index contributed by atoms with van der Waals surface area (Å²) in [6.45, 7) is 1.91. The fraction of sp³-hybridized carbons (Fsp3) is 0.538. The summed E-state index contributed by atoms with van der Waals surface area (Å²) in [5.74, 6) is 0.743. The Hall–Kier alpha value is -1.18. The van der Waals surface area contributed by atoms with Gasteiger partial charge in [0.15, 0.2) is 0 Å².